The number of nitrogens with zero attached hydrogens (tertiary/aromatic N) is 3. The number of halogens is 2. The van der Waals surface area contributed by atoms with Crippen molar-refractivity contribution >= 4 is 28.8 Å². The summed E-state index contributed by atoms with van der Waals surface area (Å²) < 4.78 is 1.68. The molecule has 0 fully saturated rings. The van der Waals surface area contributed by atoms with E-state index in [0.717, 1.165) is 16.8 Å². The quantitative estimate of drug-likeness (QED) is 0.593. The second-order valence-electron chi connectivity index (χ2n) is 3.88. The van der Waals surface area contributed by atoms with Gasteiger partial charge in [0.1, 0.15) is 0 Å². The fourth-order valence-electron chi connectivity index (χ4n) is 1.64. The van der Waals surface area contributed by atoms with Crippen LogP contribution in [0.25, 0.3) is 5.65 Å². The van der Waals surface area contributed by atoms with Gasteiger partial charge in [0.2, 0.25) is 0 Å². The maximum atomic E-state index is 5.92. The van der Waals surface area contributed by atoms with Crippen molar-refractivity contribution in [3.05, 3.63) is 64.0 Å². The number of aromatic nitrogens is 3. The van der Waals surface area contributed by atoms with Crippen LogP contribution < -0.4 is 0 Å². The van der Waals surface area contributed by atoms with Gasteiger partial charge in [-0.2, -0.15) is 5.10 Å². The summed E-state index contributed by atoms with van der Waals surface area (Å²) in [5.74, 6) is 6.01. The monoisotopic (exact) mass is 287 g/mol. The summed E-state index contributed by atoms with van der Waals surface area (Å²) in [4.78, 5) is 4.23. The van der Waals surface area contributed by atoms with Gasteiger partial charge in [0, 0.05) is 34.1 Å². The normalized spacial score (nSPS) is 10.2. The van der Waals surface area contributed by atoms with E-state index in [2.05, 4.69) is 21.9 Å². The van der Waals surface area contributed by atoms with Gasteiger partial charge in [-0.1, -0.05) is 35.0 Å². The van der Waals surface area contributed by atoms with Crippen LogP contribution in [0.1, 0.15) is 11.1 Å². The minimum absolute atomic E-state index is 0.567. The van der Waals surface area contributed by atoms with Crippen molar-refractivity contribution in [3.8, 4) is 11.8 Å². The van der Waals surface area contributed by atoms with Crippen LogP contribution in [0.4, 0.5) is 0 Å². The number of rotatable bonds is 0. The molecule has 3 aromatic rings. The van der Waals surface area contributed by atoms with E-state index in [9.17, 15) is 0 Å². The highest BCUT2D eigenvalue weighted by atomic mass is 35.5. The van der Waals surface area contributed by atoms with E-state index in [1.165, 1.54) is 0 Å². The van der Waals surface area contributed by atoms with E-state index in [0.29, 0.717) is 10.0 Å². The lowest BCUT2D eigenvalue weighted by Crippen LogP contribution is -1.90. The summed E-state index contributed by atoms with van der Waals surface area (Å²) in [6.07, 6.45) is 5.22. The first-order valence-corrected chi connectivity index (χ1v) is 6.24. The molecule has 0 aliphatic carbocycles. The van der Waals surface area contributed by atoms with Crippen LogP contribution in [0.3, 0.4) is 0 Å². The van der Waals surface area contributed by atoms with Crippen molar-refractivity contribution in [3.63, 3.8) is 0 Å². The highest BCUT2D eigenvalue weighted by Gasteiger charge is 1.97. The Balaban J connectivity index is 1.98. The lowest BCUT2D eigenvalue weighted by Gasteiger charge is -1.95. The van der Waals surface area contributed by atoms with E-state index >= 15 is 0 Å². The highest BCUT2D eigenvalue weighted by molar-refractivity contribution is 6.34. The molecule has 3 rings (SSSR count). The topological polar surface area (TPSA) is 30.2 Å². The third-order valence-corrected chi connectivity index (χ3v) is 2.90. The molecular weight excluding hydrogens is 281 g/mol. The second kappa shape index (κ2) is 4.93. The molecule has 0 saturated carbocycles. The second-order valence-corrected chi connectivity index (χ2v) is 4.76. The number of hydrogen-bond acceptors (Lipinski definition) is 2. The Morgan fingerprint density at radius 1 is 1.00 bits per heavy atom. The first-order chi connectivity index (χ1) is 9.20. The Kier molecular flexibility index (Phi) is 3.12. The smallest absolute Gasteiger partial charge is 0.154 e. The fraction of sp³-hybridized carbons (Fsp3) is 0. The lowest BCUT2D eigenvalue weighted by atomic mass is 10.2. The molecule has 0 unspecified atom stereocenters. The van der Waals surface area contributed by atoms with E-state index in [1.807, 2.05) is 12.3 Å². The summed E-state index contributed by atoms with van der Waals surface area (Å²) in [5.41, 5.74) is 2.32. The van der Waals surface area contributed by atoms with Crippen LogP contribution in [0.5, 0.6) is 0 Å². The summed E-state index contributed by atoms with van der Waals surface area (Å²) in [6, 6.07) is 7.03. The molecule has 3 nitrogen and oxygen atoms in total. The van der Waals surface area contributed by atoms with E-state index in [1.54, 1.807) is 35.1 Å². The summed E-state index contributed by atoms with van der Waals surface area (Å²) in [7, 11) is 0. The van der Waals surface area contributed by atoms with Crippen LogP contribution in [-0.2, 0) is 0 Å². The lowest BCUT2D eigenvalue weighted by molar-refractivity contribution is 0.935. The molecule has 0 atom stereocenters. The average molecular weight is 288 g/mol. The van der Waals surface area contributed by atoms with Crippen molar-refractivity contribution in [1.29, 1.82) is 0 Å². The van der Waals surface area contributed by atoms with Crippen molar-refractivity contribution in [2.45, 2.75) is 0 Å². The molecular formula is C14H7Cl2N3. The molecule has 0 amide bonds. The molecule has 19 heavy (non-hydrogen) atoms. The third-order valence-electron chi connectivity index (χ3n) is 2.46. The van der Waals surface area contributed by atoms with Gasteiger partial charge >= 0.3 is 0 Å². The Labute approximate surface area is 119 Å². The molecule has 0 aliphatic heterocycles. The van der Waals surface area contributed by atoms with Gasteiger partial charge in [-0.15, -0.1) is 0 Å². The molecule has 0 aliphatic rings. The van der Waals surface area contributed by atoms with Crippen LogP contribution in [0, 0.1) is 11.8 Å². The zero-order valence-electron chi connectivity index (χ0n) is 9.64. The first-order valence-electron chi connectivity index (χ1n) is 5.48. The van der Waals surface area contributed by atoms with Gasteiger partial charge < -0.3 is 0 Å². The molecule has 0 saturated heterocycles. The number of benzene rings is 1. The average Bonchev–Trinajstić information content (AvgIpc) is 2.82. The molecule has 1 aromatic carbocycles. The fourth-order valence-corrected chi connectivity index (χ4v) is 2.17. The Bertz CT molecular complexity index is 792. The van der Waals surface area contributed by atoms with Crippen molar-refractivity contribution < 1.29 is 0 Å². The number of hydrogen-bond donors (Lipinski definition) is 0. The summed E-state index contributed by atoms with van der Waals surface area (Å²) >= 11 is 11.8. The number of fused-ring (bicyclic) bond motifs is 1. The van der Waals surface area contributed by atoms with E-state index in [-0.39, 0.29) is 0 Å². The zero-order valence-corrected chi connectivity index (χ0v) is 11.2. The Hall–Kier alpha value is -2.02. The molecule has 0 radical (unpaired) electrons. The molecule has 0 bridgehead atoms. The highest BCUT2D eigenvalue weighted by Crippen LogP contribution is 2.18. The molecule has 2 aromatic heterocycles. The maximum Gasteiger partial charge on any atom is 0.154 e. The maximum absolute atomic E-state index is 5.92. The Morgan fingerprint density at radius 3 is 2.53 bits per heavy atom. The van der Waals surface area contributed by atoms with Gasteiger partial charge in [-0.25, -0.2) is 9.50 Å². The molecule has 5 heteroatoms. The zero-order chi connectivity index (χ0) is 13.2. The molecule has 0 N–H and O–H groups in total. The molecule has 2 heterocycles. The van der Waals surface area contributed by atoms with Gasteiger partial charge in [0.25, 0.3) is 0 Å². The van der Waals surface area contributed by atoms with Crippen LogP contribution in [-0.4, -0.2) is 14.6 Å². The van der Waals surface area contributed by atoms with Crippen LogP contribution in [0.2, 0.25) is 10.0 Å². The van der Waals surface area contributed by atoms with Gasteiger partial charge in [-0.05, 0) is 18.2 Å². The van der Waals surface area contributed by atoms with Gasteiger partial charge in [0.15, 0.2) is 5.65 Å². The third kappa shape index (κ3) is 2.70. The Morgan fingerprint density at radius 2 is 1.74 bits per heavy atom. The summed E-state index contributed by atoms with van der Waals surface area (Å²) in [5, 5.41) is 5.24. The largest absolute Gasteiger partial charge is 0.236 e. The van der Waals surface area contributed by atoms with E-state index in [4.69, 9.17) is 23.2 Å². The first kappa shape index (κ1) is 12.0. The van der Waals surface area contributed by atoms with Gasteiger partial charge in [-0.3, -0.25) is 0 Å². The van der Waals surface area contributed by atoms with Crippen molar-refractivity contribution in [2.75, 3.05) is 0 Å². The van der Waals surface area contributed by atoms with E-state index < -0.39 is 0 Å². The van der Waals surface area contributed by atoms with Gasteiger partial charge in [0.05, 0.1) is 11.8 Å². The minimum atomic E-state index is 0.567. The summed E-state index contributed by atoms with van der Waals surface area (Å²) in [6.45, 7) is 0. The van der Waals surface area contributed by atoms with Crippen molar-refractivity contribution in [2.24, 2.45) is 0 Å². The minimum Gasteiger partial charge on any atom is -0.236 e. The predicted octanol–water partition coefficient (Wildman–Crippen LogP) is 3.44. The van der Waals surface area contributed by atoms with Crippen LogP contribution >= 0.6 is 23.2 Å². The van der Waals surface area contributed by atoms with Crippen molar-refractivity contribution in [1.82, 2.24) is 14.6 Å². The molecule has 92 valence electrons. The van der Waals surface area contributed by atoms with Crippen LogP contribution in [0.15, 0.2) is 42.9 Å². The SMILES string of the molecule is Clc1cc(Cl)cc(C#Cc2cnc3ccnn3c2)c1. The standard InChI is InChI=1S/C14H7Cl2N3/c15-12-5-10(6-13(16)7-12)1-2-11-8-17-14-3-4-18-19(14)9-11/h3-9H. The molecule has 0 spiro atoms. The predicted molar refractivity (Wildman–Crippen MR) is 75.4 cm³/mol.